The Morgan fingerprint density at radius 3 is 2.69 bits per heavy atom. The molecule has 2 N–H and O–H groups in total. The molecule has 0 aliphatic carbocycles. The molecule has 0 saturated carbocycles. The fraction of sp³-hybridized carbons (Fsp3) is 0.364. The number of aromatic hydroxyl groups is 1. The largest absolute Gasteiger partial charge is 0.504 e. The number of benzene rings is 1. The second-order valence-electron chi connectivity index (χ2n) is 3.19. The van der Waals surface area contributed by atoms with Gasteiger partial charge in [-0.3, -0.25) is 4.79 Å². The second-order valence-corrected chi connectivity index (χ2v) is 3.19. The van der Waals surface area contributed by atoms with Crippen LogP contribution in [0.25, 0.3) is 0 Å². The minimum atomic E-state index is -1.11. The van der Waals surface area contributed by atoms with E-state index in [0.717, 1.165) is 0 Å². The van der Waals surface area contributed by atoms with Gasteiger partial charge in [-0.2, -0.15) is 0 Å². The first-order chi connectivity index (χ1) is 7.60. The summed E-state index contributed by atoms with van der Waals surface area (Å²) in [5.41, 5.74) is 0.241. The van der Waals surface area contributed by atoms with Crippen molar-refractivity contribution in [1.82, 2.24) is 0 Å². The van der Waals surface area contributed by atoms with E-state index in [2.05, 4.69) is 4.74 Å². The summed E-state index contributed by atoms with van der Waals surface area (Å²) in [6.07, 6.45) is -1.32. The zero-order chi connectivity index (χ0) is 12.1. The van der Waals surface area contributed by atoms with Crippen LogP contribution in [0.4, 0.5) is 0 Å². The molecule has 5 heteroatoms. The van der Waals surface area contributed by atoms with Crippen molar-refractivity contribution in [2.45, 2.75) is 12.5 Å². The smallest absolute Gasteiger partial charge is 0.308 e. The summed E-state index contributed by atoms with van der Waals surface area (Å²) in [4.78, 5) is 11.0. The van der Waals surface area contributed by atoms with Gasteiger partial charge in [0.1, 0.15) is 0 Å². The molecule has 1 aromatic rings. The van der Waals surface area contributed by atoms with Gasteiger partial charge < -0.3 is 19.7 Å². The molecule has 1 aromatic carbocycles. The molecule has 1 atom stereocenters. The lowest BCUT2D eigenvalue weighted by atomic mass is 10.1. The van der Waals surface area contributed by atoms with E-state index in [1.165, 1.54) is 20.3 Å². The van der Waals surface area contributed by atoms with Gasteiger partial charge in [0.25, 0.3) is 0 Å². The maximum atomic E-state index is 11.0. The molecule has 16 heavy (non-hydrogen) atoms. The van der Waals surface area contributed by atoms with Crippen LogP contribution in [0.1, 0.15) is 18.1 Å². The van der Waals surface area contributed by atoms with Crippen LogP contribution in [0.5, 0.6) is 11.5 Å². The van der Waals surface area contributed by atoms with Crippen LogP contribution in [-0.2, 0) is 9.53 Å². The summed E-state index contributed by atoms with van der Waals surface area (Å²) in [5.74, 6) is -0.461. The summed E-state index contributed by atoms with van der Waals surface area (Å²) >= 11 is 0. The number of hydrogen-bond donors (Lipinski definition) is 2. The van der Waals surface area contributed by atoms with Crippen molar-refractivity contribution in [3.8, 4) is 11.5 Å². The van der Waals surface area contributed by atoms with E-state index >= 15 is 0 Å². The van der Waals surface area contributed by atoms with Gasteiger partial charge in [0.05, 0.1) is 26.7 Å². The van der Waals surface area contributed by atoms with Gasteiger partial charge in [-0.05, 0) is 6.07 Å². The molecule has 0 amide bonds. The van der Waals surface area contributed by atoms with Crippen molar-refractivity contribution in [3.05, 3.63) is 23.8 Å². The average Bonchev–Trinajstić information content (AvgIpc) is 2.29. The number of phenolic OH excluding ortho intramolecular Hbond substituents is 1. The topological polar surface area (TPSA) is 76.0 Å². The fourth-order valence-electron chi connectivity index (χ4n) is 1.32. The van der Waals surface area contributed by atoms with Crippen LogP contribution in [-0.4, -0.2) is 30.4 Å². The molecule has 1 rings (SSSR count). The number of esters is 1. The number of carbonyl (C=O) groups excluding carboxylic acids is 1. The van der Waals surface area contributed by atoms with Crippen LogP contribution >= 0.6 is 0 Å². The molecule has 0 saturated heterocycles. The van der Waals surface area contributed by atoms with Crippen molar-refractivity contribution >= 4 is 5.97 Å². The van der Waals surface area contributed by atoms with Gasteiger partial charge in [0, 0.05) is 5.56 Å². The third-order valence-corrected chi connectivity index (χ3v) is 2.20. The molecule has 0 spiro atoms. The van der Waals surface area contributed by atoms with E-state index in [1.807, 2.05) is 0 Å². The normalized spacial score (nSPS) is 11.9. The molecular formula is C11H14O5. The third-order valence-electron chi connectivity index (χ3n) is 2.20. The van der Waals surface area contributed by atoms with Crippen molar-refractivity contribution < 1.29 is 24.5 Å². The number of aliphatic hydroxyl groups excluding tert-OH is 1. The van der Waals surface area contributed by atoms with E-state index in [1.54, 1.807) is 12.1 Å². The molecule has 0 radical (unpaired) electrons. The lowest BCUT2D eigenvalue weighted by Gasteiger charge is -2.13. The SMILES string of the molecule is COC(=O)C[C@H](O)c1cccc(OC)c1O. The average molecular weight is 226 g/mol. The number of ether oxygens (including phenoxy) is 2. The monoisotopic (exact) mass is 226 g/mol. The molecule has 0 bridgehead atoms. The van der Waals surface area contributed by atoms with Crippen molar-refractivity contribution in [2.75, 3.05) is 14.2 Å². The first kappa shape index (κ1) is 12.3. The standard InChI is InChI=1S/C11H14O5/c1-15-9-5-3-4-7(11(9)14)8(12)6-10(13)16-2/h3-5,8,12,14H,6H2,1-2H3/t8-/m0/s1. The first-order valence-corrected chi connectivity index (χ1v) is 4.71. The van der Waals surface area contributed by atoms with E-state index in [0.29, 0.717) is 0 Å². The fourth-order valence-corrected chi connectivity index (χ4v) is 1.32. The summed E-state index contributed by atoms with van der Waals surface area (Å²) < 4.78 is 9.32. The molecular weight excluding hydrogens is 212 g/mol. The van der Waals surface area contributed by atoms with Gasteiger partial charge in [-0.25, -0.2) is 0 Å². The quantitative estimate of drug-likeness (QED) is 0.749. The lowest BCUT2D eigenvalue weighted by Crippen LogP contribution is -2.08. The van der Waals surface area contributed by atoms with Crippen LogP contribution in [0.2, 0.25) is 0 Å². The number of aliphatic hydroxyl groups is 1. The minimum absolute atomic E-state index is 0.165. The van der Waals surface area contributed by atoms with E-state index in [9.17, 15) is 15.0 Å². The van der Waals surface area contributed by atoms with Gasteiger partial charge in [0.15, 0.2) is 11.5 Å². The van der Waals surface area contributed by atoms with Crippen molar-refractivity contribution in [1.29, 1.82) is 0 Å². The second kappa shape index (κ2) is 5.37. The summed E-state index contributed by atoms with van der Waals surface area (Å²) in [6, 6.07) is 4.70. The Bertz CT molecular complexity index is 375. The Hall–Kier alpha value is -1.75. The Morgan fingerprint density at radius 2 is 2.12 bits per heavy atom. The maximum Gasteiger partial charge on any atom is 0.308 e. The predicted octanol–water partition coefficient (Wildman–Crippen LogP) is 0.997. The van der Waals surface area contributed by atoms with Crippen molar-refractivity contribution in [2.24, 2.45) is 0 Å². The predicted molar refractivity (Wildman–Crippen MR) is 56.3 cm³/mol. The Balaban J connectivity index is 2.91. The van der Waals surface area contributed by atoms with Gasteiger partial charge >= 0.3 is 5.97 Å². The van der Waals surface area contributed by atoms with E-state index < -0.39 is 12.1 Å². The first-order valence-electron chi connectivity index (χ1n) is 4.71. The molecule has 0 unspecified atom stereocenters. The molecule has 88 valence electrons. The maximum absolute atomic E-state index is 11.0. The van der Waals surface area contributed by atoms with Crippen LogP contribution < -0.4 is 4.74 Å². The van der Waals surface area contributed by atoms with Crippen LogP contribution in [0.3, 0.4) is 0 Å². The van der Waals surface area contributed by atoms with Crippen molar-refractivity contribution in [3.63, 3.8) is 0 Å². The summed E-state index contributed by atoms with van der Waals surface area (Å²) in [6.45, 7) is 0. The summed E-state index contributed by atoms with van der Waals surface area (Å²) in [5, 5.41) is 19.4. The van der Waals surface area contributed by atoms with E-state index in [-0.39, 0.29) is 23.5 Å². The number of carbonyl (C=O) groups is 1. The number of methoxy groups -OCH3 is 2. The molecule has 0 aromatic heterocycles. The van der Waals surface area contributed by atoms with E-state index in [4.69, 9.17) is 4.74 Å². The Labute approximate surface area is 93.2 Å². The highest BCUT2D eigenvalue weighted by molar-refractivity contribution is 5.70. The van der Waals surface area contributed by atoms with Gasteiger partial charge in [-0.15, -0.1) is 0 Å². The highest BCUT2D eigenvalue weighted by Gasteiger charge is 2.18. The molecule has 0 aliphatic heterocycles. The molecule has 5 nitrogen and oxygen atoms in total. The number of para-hydroxylation sites is 1. The van der Waals surface area contributed by atoms with Gasteiger partial charge in [-0.1, -0.05) is 12.1 Å². The number of rotatable bonds is 4. The number of hydrogen-bond acceptors (Lipinski definition) is 5. The Kier molecular flexibility index (Phi) is 4.13. The Morgan fingerprint density at radius 1 is 1.44 bits per heavy atom. The highest BCUT2D eigenvalue weighted by Crippen LogP contribution is 2.34. The lowest BCUT2D eigenvalue weighted by molar-refractivity contribution is -0.142. The highest BCUT2D eigenvalue weighted by atomic mass is 16.5. The van der Waals surface area contributed by atoms with Gasteiger partial charge in [0.2, 0.25) is 0 Å². The molecule has 0 aliphatic rings. The molecule has 0 fully saturated rings. The summed E-state index contributed by atoms with van der Waals surface area (Å²) in [7, 11) is 2.64. The van der Waals surface area contributed by atoms with Crippen LogP contribution in [0.15, 0.2) is 18.2 Å². The van der Waals surface area contributed by atoms with Crippen LogP contribution in [0, 0.1) is 0 Å². The molecule has 0 heterocycles. The number of phenols is 1. The zero-order valence-corrected chi connectivity index (χ0v) is 9.14. The third kappa shape index (κ3) is 2.64. The minimum Gasteiger partial charge on any atom is -0.504 e. The zero-order valence-electron chi connectivity index (χ0n) is 9.14.